The minimum Gasteiger partial charge on any atom is -0.486 e. The number of carbonyl (C=O) groups excluding carboxylic acids is 1. The van der Waals surface area contributed by atoms with Gasteiger partial charge in [-0.05, 0) is 48.0 Å². The highest BCUT2D eigenvalue weighted by molar-refractivity contribution is 6.30. The third-order valence-corrected chi connectivity index (χ3v) is 5.10. The number of ether oxygens (including phenoxy) is 2. The molecular weight excluding hydrogens is 402 g/mol. The number of fused-ring (bicyclic) bond motifs is 2. The number of amides is 1. The van der Waals surface area contributed by atoms with Crippen molar-refractivity contribution >= 4 is 28.8 Å². The molecule has 0 atom stereocenters. The molecule has 1 aliphatic heterocycles. The molecule has 0 fully saturated rings. The first kappa shape index (κ1) is 18.5. The van der Waals surface area contributed by atoms with Crippen molar-refractivity contribution in [1.29, 1.82) is 0 Å². The molecule has 7 heteroatoms. The zero-order valence-electron chi connectivity index (χ0n) is 16.0. The van der Waals surface area contributed by atoms with E-state index < -0.39 is 0 Å². The van der Waals surface area contributed by atoms with Gasteiger partial charge in [0.1, 0.15) is 18.9 Å². The van der Waals surface area contributed by atoms with Gasteiger partial charge >= 0.3 is 0 Å². The van der Waals surface area contributed by atoms with Crippen LogP contribution in [0.15, 0.2) is 67.0 Å². The lowest BCUT2D eigenvalue weighted by molar-refractivity contribution is -0.115. The van der Waals surface area contributed by atoms with Crippen molar-refractivity contribution in [3.8, 4) is 22.8 Å². The Labute approximate surface area is 178 Å². The van der Waals surface area contributed by atoms with Crippen LogP contribution in [0.25, 0.3) is 16.9 Å². The van der Waals surface area contributed by atoms with Crippen LogP contribution >= 0.6 is 11.6 Å². The SMILES string of the molecule is O=C(Cc1ccc(Cl)cc1)Nc1ccc2nc(-c3ccc4c(c3)OCCO4)cn2c1. The van der Waals surface area contributed by atoms with E-state index in [1.165, 1.54) is 0 Å². The first-order valence-electron chi connectivity index (χ1n) is 9.57. The molecular formula is C23H18ClN3O3. The molecule has 0 bridgehead atoms. The second kappa shape index (κ2) is 7.72. The molecule has 150 valence electrons. The van der Waals surface area contributed by atoms with Crippen LogP contribution < -0.4 is 14.8 Å². The third kappa shape index (κ3) is 3.82. The van der Waals surface area contributed by atoms with E-state index in [4.69, 9.17) is 21.1 Å². The highest BCUT2D eigenvalue weighted by Gasteiger charge is 2.14. The molecule has 1 aliphatic rings. The van der Waals surface area contributed by atoms with E-state index in [-0.39, 0.29) is 12.3 Å². The standard InChI is InChI=1S/C23H18ClN3O3/c24-17-4-1-15(2-5-17)11-23(28)25-18-6-8-22-26-19(14-27(22)13-18)16-3-7-20-21(12-16)30-10-9-29-20/h1-8,12-14H,9-11H2,(H,25,28). The predicted octanol–water partition coefficient (Wildman–Crippen LogP) is 4.61. The molecule has 2 aromatic carbocycles. The van der Waals surface area contributed by atoms with Gasteiger partial charge in [-0.3, -0.25) is 4.79 Å². The highest BCUT2D eigenvalue weighted by Crippen LogP contribution is 2.34. The molecule has 0 spiro atoms. The van der Waals surface area contributed by atoms with Gasteiger partial charge in [0.05, 0.1) is 17.8 Å². The predicted molar refractivity (Wildman–Crippen MR) is 115 cm³/mol. The van der Waals surface area contributed by atoms with E-state index in [2.05, 4.69) is 10.3 Å². The van der Waals surface area contributed by atoms with E-state index in [1.54, 1.807) is 12.1 Å². The van der Waals surface area contributed by atoms with Gasteiger partial charge in [0.15, 0.2) is 11.5 Å². The Kier molecular flexibility index (Phi) is 4.77. The third-order valence-electron chi connectivity index (χ3n) is 4.85. The summed E-state index contributed by atoms with van der Waals surface area (Å²) >= 11 is 5.89. The smallest absolute Gasteiger partial charge is 0.228 e. The number of anilines is 1. The maximum Gasteiger partial charge on any atom is 0.228 e. The lowest BCUT2D eigenvalue weighted by Crippen LogP contribution is -2.15. The number of carbonyl (C=O) groups is 1. The molecule has 0 saturated carbocycles. The average molecular weight is 420 g/mol. The van der Waals surface area contributed by atoms with Crippen molar-refractivity contribution in [2.45, 2.75) is 6.42 Å². The molecule has 0 radical (unpaired) electrons. The summed E-state index contributed by atoms with van der Waals surface area (Å²) in [4.78, 5) is 17.0. The van der Waals surface area contributed by atoms with Gasteiger partial charge in [0.25, 0.3) is 0 Å². The van der Waals surface area contributed by atoms with Crippen LogP contribution in [0.5, 0.6) is 11.5 Å². The molecule has 1 N–H and O–H groups in total. The van der Waals surface area contributed by atoms with Crippen LogP contribution in [0.2, 0.25) is 5.02 Å². The first-order chi connectivity index (χ1) is 14.6. The summed E-state index contributed by atoms with van der Waals surface area (Å²) in [5, 5.41) is 3.58. The fourth-order valence-corrected chi connectivity index (χ4v) is 3.53. The Bertz CT molecular complexity index is 1230. The van der Waals surface area contributed by atoms with Gasteiger partial charge in [-0.2, -0.15) is 0 Å². The van der Waals surface area contributed by atoms with Crippen LogP contribution in [0, 0.1) is 0 Å². The number of hydrogen-bond acceptors (Lipinski definition) is 4. The number of aromatic nitrogens is 2. The number of nitrogens with zero attached hydrogens (tertiary/aromatic N) is 2. The van der Waals surface area contributed by atoms with Crippen molar-refractivity contribution in [2.75, 3.05) is 18.5 Å². The number of hydrogen-bond donors (Lipinski definition) is 1. The summed E-state index contributed by atoms with van der Waals surface area (Å²) in [7, 11) is 0. The maximum atomic E-state index is 12.4. The van der Waals surface area contributed by atoms with E-state index in [0.717, 1.165) is 34.0 Å². The number of benzene rings is 2. The average Bonchev–Trinajstić information content (AvgIpc) is 3.18. The zero-order chi connectivity index (χ0) is 20.5. The molecule has 5 rings (SSSR count). The van der Waals surface area contributed by atoms with Crippen LogP contribution in [-0.2, 0) is 11.2 Å². The lowest BCUT2D eigenvalue weighted by Gasteiger charge is -2.18. The Morgan fingerprint density at radius 2 is 1.80 bits per heavy atom. The maximum absolute atomic E-state index is 12.4. The Hall–Kier alpha value is -3.51. The first-order valence-corrected chi connectivity index (χ1v) is 9.95. The monoisotopic (exact) mass is 419 g/mol. The largest absolute Gasteiger partial charge is 0.486 e. The van der Waals surface area contributed by atoms with Crippen molar-refractivity contribution < 1.29 is 14.3 Å². The molecule has 0 aliphatic carbocycles. The number of imidazole rings is 1. The lowest BCUT2D eigenvalue weighted by atomic mass is 10.1. The summed E-state index contributed by atoms with van der Waals surface area (Å²) < 4.78 is 13.1. The van der Waals surface area contributed by atoms with E-state index in [0.29, 0.717) is 23.9 Å². The molecule has 4 aromatic rings. The van der Waals surface area contributed by atoms with Gasteiger partial charge in [0, 0.05) is 23.0 Å². The molecule has 6 nitrogen and oxygen atoms in total. The minimum atomic E-state index is -0.0937. The summed E-state index contributed by atoms with van der Waals surface area (Å²) in [6, 6.07) is 16.8. The van der Waals surface area contributed by atoms with E-state index in [9.17, 15) is 4.79 Å². The quantitative estimate of drug-likeness (QED) is 0.524. The number of pyridine rings is 1. The normalized spacial score (nSPS) is 12.7. The highest BCUT2D eigenvalue weighted by atomic mass is 35.5. The Morgan fingerprint density at radius 3 is 2.63 bits per heavy atom. The number of halogens is 1. The zero-order valence-corrected chi connectivity index (χ0v) is 16.7. The van der Waals surface area contributed by atoms with Crippen molar-refractivity contribution in [3.63, 3.8) is 0 Å². The van der Waals surface area contributed by atoms with Crippen LogP contribution in [0.3, 0.4) is 0 Å². The van der Waals surface area contributed by atoms with Crippen molar-refractivity contribution in [2.24, 2.45) is 0 Å². The summed E-state index contributed by atoms with van der Waals surface area (Å²) in [6.07, 6.45) is 4.06. The van der Waals surface area contributed by atoms with Gasteiger partial charge in [-0.1, -0.05) is 23.7 Å². The topological polar surface area (TPSA) is 64.9 Å². The second-order valence-electron chi connectivity index (χ2n) is 7.02. The summed E-state index contributed by atoms with van der Waals surface area (Å²) in [5.74, 6) is 1.38. The molecule has 0 unspecified atom stereocenters. The van der Waals surface area contributed by atoms with Gasteiger partial charge in [-0.25, -0.2) is 4.98 Å². The van der Waals surface area contributed by atoms with Crippen LogP contribution in [0.1, 0.15) is 5.56 Å². The fourth-order valence-electron chi connectivity index (χ4n) is 3.40. The molecule has 3 heterocycles. The number of rotatable bonds is 4. The van der Waals surface area contributed by atoms with Crippen LogP contribution in [-0.4, -0.2) is 28.5 Å². The van der Waals surface area contributed by atoms with Crippen molar-refractivity contribution in [3.05, 3.63) is 77.6 Å². The summed E-state index contributed by atoms with van der Waals surface area (Å²) in [6.45, 7) is 1.11. The fraction of sp³-hybridized carbons (Fsp3) is 0.130. The Morgan fingerprint density at radius 1 is 1.00 bits per heavy atom. The summed E-state index contributed by atoms with van der Waals surface area (Å²) in [5.41, 5.74) is 4.15. The van der Waals surface area contributed by atoms with Gasteiger partial charge < -0.3 is 19.2 Å². The van der Waals surface area contributed by atoms with Gasteiger partial charge in [-0.15, -0.1) is 0 Å². The Balaban J connectivity index is 1.35. The minimum absolute atomic E-state index is 0.0937. The van der Waals surface area contributed by atoms with Crippen molar-refractivity contribution in [1.82, 2.24) is 9.38 Å². The van der Waals surface area contributed by atoms with Gasteiger partial charge in [0.2, 0.25) is 5.91 Å². The van der Waals surface area contributed by atoms with E-state index >= 15 is 0 Å². The number of nitrogens with one attached hydrogen (secondary N) is 1. The molecule has 0 saturated heterocycles. The van der Waals surface area contributed by atoms with Crippen LogP contribution in [0.4, 0.5) is 5.69 Å². The second-order valence-corrected chi connectivity index (χ2v) is 7.46. The molecule has 1 amide bonds. The van der Waals surface area contributed by atoms with E-state index in [1.807, 2.05) is 59.3 Å². The molecule has 2 aromatic heterocycles. The molecule has 30 heavy (non-hydrogen) atoms.